The van der Waals surface area contributed by atoms with Crippen molar-refractivity contribution in [1.29, 1.82) is 0 Å². The SMILES string of the molecule is C1=COc2cc3c(cc2O1)C=NCN3. The lowest BCUT2D eigenvalue weighted by Crippen LogP contribution is -2.09. The van der Waals surface area contributed by atoms with Gasteiger partial charge in [-0.15, -0.1) is 0 Å². The van der Waals surface area contributed by atoms with Crippen molar-refractivity contribution in [3.63, 3.8) is 0 Å². The van der Waals surface area contributed by atoms with Crippen molar-refractivity contribution in [3.8, 4) is 11.5 Å². The highest BCUT2D eigenvalue weighted by molar-refractivity contribution is 5.91. The van der Waals surface area contributed by atoms with Gasteiger partial charge < -0.3 is 14.8 Å². The van der Waals surface area contributed by atoms with Gasteiger partial charge in [-0.3, -0.25) is 4.99 Å². The largest absolute Gasteiger partial charge is 0.458 e. The van der Waals surface area contributed by atoms with Crippen molar-refractivity contribution in [2.45, 2.75) is 0 Å². The van der Waals surface area contributed by atoms with Crippen molar-refractivity contribution in [1.82, 2.24) is 0 Å². The molecular weight excluding hydrogens is 180 g/mol. The Bertz CT molecular complexity index is 438. The molecule has 2 heterocycles. The van der Waals surface area contributed by atoms with E-state index in [2.05, 4.69) is 10.3 Å². The minimum absolute atomic E-state index is 0.614. The fourth-order valence-corrected chi connectivity index (χ4v) is 1.50. The van der Waals surface area contributed by atoms with Crippen LogP contribution in [0, 0.1) is 0 Å². The topological polar surface area (TPSA) is 42.9 Å². The zero-order valence-electron chi connectivity index (χ0n) is 7.36. The fourth-order valence-electron chi connectivity index (χ4n) is 1.50. The first-order valence-corrected chi connectivity index (χ1v) is 4.33. The van der Waals surface area contributed by atoms with Crippen molar-refractivity contribution in [3.05, 3.63) is 30.2 Å². The van der Waals surface area contributed by atoms with Gasteiger partial charge in [0.15, 0.2) is 11.5 Å². The molecule has 4 heteroatoms. The van der Waals surface area contributed by atoms with Crippen molar-refractivity contribution in [2.24, 2.45) is 4.99 Å². The van der Waals surface area contributed by atoms with E-state index in [1.165, 1.54) is 12.5 Å². The maximum atomic E-state index is 5.30. The number of nitrogens with one attached hydrogen (secondary N) is 1. The van der Waals surface area contributed by atoms with Crippen LogP contribution in [0.2, 0.25) is 0 Å². The molecule has 1 aromatic rings. The predicted octanol–water partition coefficient (Wildman–Crippen LogP) is 1.73. The van der Waals surface area contributed by atoms with Crippen LogP contribution in [0.5, 0.6) is 11.5 Å². The Labute approximate surface area is 80.9 Å². The monoisotopic (exact) mass is 188 g/mol. The molecule has 0 spiro atoms. The highest BCUT2D eigenvalue weighted by Gasteiger charge is 2.14. The molecule has 0 radical (unpaired) electrons. The quantitative estimate of drug-likeness (QED) is 0.674. The van der Waals surface area contributed by atoms with Crippen LogP contribution < -0.4 is 14.8 Å². The summed E-state index contributed by atoms with van der Waals surface area (Å²) < 4.78 is 10.6. The number of hydrogen-bond acceptors (Lipinski definition) is 4. The number of rotatable bonds is 0. The Hall–Kier alpha value is -1.97. The molecule has 2 aliphatic heterocycles. The van der Waals surface area contributed by atoms with Crippen LogP contribution in [-0.2, 0) is 0 Å². The highest BCUT2D eigenvalue weighted by Crippen LogP contribution is 2.35. The summed E-state index contributed by atoms with van der Waals surface area (Å²) >= 11 is 0. The summed E-state index contributed by atoms with van der Waals surface area (Å²) in [5.41, 5.74) is 2.05. The Kier molecular flexibility index (Phi) is 1.47. The van der Waals surface area contributed by atoms with E-state index in [-0.39, 0.29) is 0 Å². The first-order chi connectivity index (χ1) is 6.93. The van der Waals surface area contributed by atoms with Crippen LogP contribution in [0.15, 0.2) is 29.6 Å². The van der Waals surface area contributed by atoms with Crippen LogP contribution in [0.1, 0.15) is 5.56 Å². The van der Waals surface area contributed by atoms with Gasteiger partial charge in [0.05, 0.1) is 0 Å². The molecule has 0 saturated carbocycles. The van der Waals surface area contributed by atoms with E-state index >= 15 is 0 Å². The number of nitrogens with zero attached hydrogens (tertiary/aromatic N) is 1. The van der Waals surface area contributed by atoms with E-state index in [1.54, 1.807) is 0 Å². The maximum absolute atomic E-state index is 5.30. The number of anilines is 1. The molecule has 0 aromatic heterocycles. The molecule has 70 valence electrons. The summed E-state index contributed by atoms with van der Waals surface area (Å²) in [6, 6.07) is 3.82. The first kappa shape index (κ1) is 7.44. The van der Waals surface area contributed by atoms with E-state index in [0.29, 0.717) is 6.67 Å². The molecule has 1 aromatic carbocycles. The van der Waals surface area contributed by atoms with E-state index < -0.39 is 0 Å². The van der Waals surface area contributed by atoms with Crippen LogP contribution in [0.3, 0.4) is 0 Å². The molecule has 0 unspecified atom stereocenters. The Morgan fingerprint density at radius 1 is 1.14 bits per heavy atom. The van der Waals surface area contributed by atoms with Gasteiger partial charge in [0.1, 0.15) is 19.2 Å². The molecule has 0 saturated heterocycles. The molecule has 4 nitrogen and oxygen atoms in total. The standard InChI is InChI=1S/C10H8N2O2/c1-2-14-10-4-8-7(3-9(10)13-1)5-11-6-12-8/h1-5,12H,6H2. The third-order valence-corrected chi connectivity index (χ3v) is 2.15. The summed E-state index contributed by atoms with van der Waals surface area (Å²) in [6.45, 7) is 0.614. The number of aliphatic imine (C=N–C) groups is 1. The summed E-state index contributed by atoms with van der Waals surface area (Å²) in [5, 5.41) is 3.16. The average molecular weight is 188 g/mol. The van der Waals surface area contributed by atoms with Crippen LogP contribution in [0.25, 0.3) is 0 Å². The molecule has 0 amide bonds. The second-order valence-electron chi connectivity index (χ2n) is 3.04. The van der Waals surface area contributed by atoms with Gasteiger partial charge in [0.2, 0.25) is 0 Å². The minimum Gasteiger partial charge on any atom is -0.458 e. The van der Waals surface area contributed by atoms with Gasteiger partial charge in [-0.1, -0.05) is 0 Å². The Balaban J connectivity index is 2.14. The summed E-state index contributed by atoms with van der Waals surface area (Å²) in [4.78, 5) is 4.12. The summed E-state index contributed by atoms with van der Waals surface area (Å²) in [6.07, 6.45) is 4.86. The molecule has 2 aliphatic rings. The number of hydrogen-bond donors (Lipinski definition) is 1. The molecular formula is C10H8N2O2. The minimum atomic E-state index is 0.614. The van der Waals surface area contributed by atoms with Crippen molar-refractivity contribution < 1.29 is 9.47 Å². The molecule has 0 atom stereocenters. The second-order valence-corrected chi connectivity index (χ2v) is 3.04. The van der Waals surface area contributed by atoms with Gasteiger partial charge >= 0.3 is 0 Å². The molecule has 0 bridgehead atoms. The van der Waals surface area contributed by atoms with Crippen LogP contribution in [-0.4, -0.2) is 12.9 Å². The van der Waals surface area contributed by atoms with Crippen molar-refractivity contribution >= 4 is 11.9 Å². The maximum Gasteiger partial charge on any atom is 0.171 e. The van der Waals surface area contributed by atoms with Crippen LogP contribution >= 0.6 is 0 Å². The van der Waals surface area contributed by atoms with Gasteiger partial charge in [0, 0.05) is 23.5 Å². The summed E-state index contributed by atoms with van der Waals surface area (Å²) in [5.74, 6) is 1.45. The lowest BCUT2D eigenvalue weighted by atomic mass is 10.1. The van der Waals surface area contributed by atoms with Gasteiger partial charge in [-0.25, -0.2) is 0 Å². The Morgan fingerprint density at radius 2 is 1.93 bits per heavy atom. The zero-order valence-corrected chi connectivity index (χ0v) is 7.36. The molecule has 0 fully saturated rings. The first-order valence-electron chi connectivity index (χ1n) is 4.33. The number of benzene rings is 1. The zero-order chi connectivity index (χ0) is 9.38. The molecule has 0 aliphatic carbocycles. The van der Waals surface area contributed by atoms with E-state index in [1.807, 2.05) is 18.3 Å². The van der Waals surface area contributed by atoms with Gasteiger partial charge in [0.25, 0.3) is 0 Å². The van der Waals surface area contributed by atoms with Gasteiger partial charge in [-0.05, 0) is 6.07 Å². The van der Waals surface area contributed by atoms with Crippen molar-refractivity contribution in [2.75, 3.05) is 12.0 Å². The average Bonchev–Trinajstić information content (AvgIpc) is 2.26. The summed E-state index contributed by atoms with van der Waals surface area (Å²) in [7, 11) is 0. The lowest BCUT2D eigenvalue weighted by molar-refractivity contribution is 0.362. The van der Waals surface area contributed by atoms with E-state index in [0.717, 1.165) is 22.7 Å². The molecule has 14 heavy (non-hydrogen) atoms. The number of ether oxygens (including phenoxy) is 2. The van der Waals surface area contributed by atoms with E-state index in [4.69, 9.17) is 9.47 Å². The Morgan fingerprint density at radius 3 is 2.79 bits per heavy atom. The second kappa shape index (κ2) is 2.77. The smallest absolute Gasteiger partial charge is 0.171 e. The number of fused-ring (bicyclic) bond motifs is 2. The van der Waals surface area contributed by atoms with E-state index in [9.17, 15) is 0 Å². The highest BCUT2D eigenvalue weighted by atomic mass is 16.5. The normalized spacial score (nSPS) is 16.0. The third-order valence-electron chi connectivity index (χ3n) is 2.15. The molecule has 1 N–H and O–H groups in total. The molecule has 3 rings (SSSR count). The fraction of sp³-hybridized carbons (Fsp3) is 0.100. The lowest BCUT2D eigenvalue weighted by Gasteiger charge is -2.17. The van der Waals surface area contributed by atoms with Crippen LogP contribution in [0.4, 0.5) is 5.69 Å². The predicted molar refractivity (Wildman–Crippen MR) is 52.9 cm³/mol. The third kappa shape index (κ3) is 1.04. The van der Waals surface area contributed by atoms with Gasteiger partial charge in [-0.2, -0.15) is 0 Å².